The molecule has 2 heterocycles. The summed E-state index contributed by atoms with van der Waals surface area (Å²) >= 11 is 1.34. The molecule has 1 fully saturated rings. The van der Waals surface area contributed by atoms with Gasteiger partial charge in [0.1, 0.15) is 10.8 Å². The molecule has 0 unspecified atom stereocenters. The molecule has 1 aromatic heterocycles. The predicted octanol–water partition coefficient (Wildman–Crippen LogP) is 3.36. The summed E-state index contributed by atoms with van der Waals surface area (Å²) in [5.41, 5.74) is 2.96. The molecule has 0 bridgehead atoms. The van der Waals surface area contributed by atoms with Gasteiger partial charge in [-0.2, -0.15) is 0 Å². The third kappa shape index (κ3) is 5.00. The van der Waals surface area contributed by atoms with Crippen molar-refractivity contribution in [1.82, 2.24) is 20.0 Å². The normalized spacial score (nSPS) is 14.4. The quantitative estimate of drug-likeness (QED) is 0.641. The van der Waals surface area contributed by atoms with Gasteiger partial charge in [-0.15, -0.1) is 10.2 Å². The predicted molar refractivity (Wildman–Crippen MR) is 122 cm³/mol. The molecule has 1 saturated heterocycles. The smallest absolute Gasteiger partial charge is 0.254 e. The zero-order chi connectivity index (χ0) is 22.7. The summed E-state index contributed by atoms with van der Waals surface area (Å²) in [7, 11) is 0. The van der Waals surface area contributed by atoms with E-state index in [1.165, 1.54) is 17.4 Å². The summed E-state index contributed by atoms with van der Waals surface area (Å²) < 4.78 is 13.8. The Morgan fingerprint density at radius 1 is 1.03 bits per heavy atom. The molecule has 32 heavy (non-hydrogen) atoms. The van der Waals surface area contributed by atoms with Crippen LogP contribution in [0, 0.1) is 19.7 Å². The number of hydrogen-bond donors (Lipinski definition) is 1. The number of aryl methyl sites for hydroxylation is 2. The Kier molecular flexibility index (Phi) is 6.57. The number of aromatic nitrogens is 2. The van der Waals surface area contributed by atoms with Crippen molar-refractivity contribution in [3.63, 3.8) is 0 Å². The molecule has 2 amide bonds. The third-order valence-corrected chi connectivity index (χ3v) is 6.36. The van der Waals surface area contributed by atoms with Crippen LogP contribution < -0.4 is 5.32 Å². The maximum atomic E-state index is 13.8. The summed E-state index contributed by atoms with van der Waals surface area (Å²) in [5, 5.41) is 12.3. The molecule has 166 valence electrons. The van der Waals surface area contributed by atoms with Crippen LogP contribution in [0.3, 0.4) is 0 Å². The van der Waals surface area contributed by atoms with Gasteiger partial charge in [0.2, 0.25) is 11.0 Å². The molecule has 1 aliphatic heterocycles. The van der Waals surface area contributed by atoms with E-state index in [1.807, 2.05) is 36.1 Å². The topological polar surface area (TPSA) is 78.4 Å². The number of piperazine rings is 1. The van der Waals surface area contributed by atoms with Crippen LogP contribution in [0.25, 0.3) is 10.6 Å². The van der Waals surface area contributed by atoms with E-state index in [0.717, 1.165) is 16.1 Å². The van der Waals surface area contributed by atoms with E-state index < -0.39 is 0 Å². The average molecular weight is 454 g/mol. The SMILES string of the molecule is Cc1ccc(C(=O)N2CCN(CC(=O)Nc3nnc(-c4ccccc4C)s3)CC2)cc1F. The van der Waals surface area contributed by atoms with Crippen LogP contribution >= 0.6 is 11.3 Å². The number of halogens is 1. The second-order valence-corrected chi connectivity index (χ2v) is 8.79. The third-order valence-electron chi connectivity index (χ3n) is 5.49. The van der Waals surface area contributed by atoms with Crippen molar-refractivity contribution in [1.29, 1.82) is 0 Å². The molecule has 9 heteroatoms. The van der Waals surface area contributed by atoms with E-state index in [-0.39, 0.29) is 24.2 Å². The zero-order valence-electron chi connectivity index (χ0n) is 18.0. The number of nitrogens with one attached hydrogen (secondary N) is 1. The van der Waals surface area contributed by atoms with Crippen LogP contribution in [0.2, 0.25) is 0 Å². The maximum absolute atomic E-state index is 13.8. The van der Waals surface area contributed by atoms with E-state index >= 15 is 0 Å². The van der Waals surface area contributed by atoms with Crippen molar-refractivity contribution >= 4 is 28.3 Å². The molecule has 3 aromatic rings. The Morgan fingerprint density at radius 2 is 1.78 bits per heavy atom. The van der Waals surface area contributed by atoms with Crippen molar-refractivity contribution < 1.29 is 14.0 Å². The van der Waals surface area contributed by atoms with Crippen LogP contribution in [-0.2, 0) is 4.79 Å². The molecule has 4 rings (SSSR count). The van der Waals surface area contributed by atoms with E-state index in [4.69, 9.17) is 0 Å². The molecular formula is C23H24FN5O2S. The largest absolute Gasteiger partial charge is 0.336 e. The minimum Gasteiger partial charge on any atom is -0.336 e. The van der Waals surface area contributed by atoms with Crippen LogP contribution in [0.1, 0.15) is 21.5 Å². The number of rotatable bonds is 5. The Balaban J connectivity index is 1.28. The Morgan fingerprint density at radius 3 is 2.50 bits per heavy atom. The van der Waals surface area contributed by atoms with E-state index in [0.29, 0.717) is 42.4 Å². The first-order valence-electron chi connectivity index (χ1n) is 10.4. The summed E-state index contributed by atoms with van der Waals surface area (Å²) in [5.74, 6) is -0.739. The van der Waals surface area contributed by atoms with E-state index in [1.54, 1.807) is 24.0 Å². The molecular weight excluding hydrogens is 429 g/mol. The number of benzene rings is 2. The highest BCUT2D eigenvalue weighted by Crippen LogP contribution is 2.28. The maximum Gasteiger partial charge on any atom is 0.254 e. The lowest BCUT2D eigenvalue weighted by Gasteiger charge is -2.34. The fourth-order valence-corrected chi connectivity index (χ4v) is 4.43. The van der Waals surface area contributed by atoms with E-state index in [2.05, 4.69) is 15.5 Å². The molecule has 1 aliphatic rings. The lowest BCUT2D eigenvalue weighted by atomic mass is 10.1. The highest BCUT2D eigenvalue weighted by molar-refractivity contribution is 7.18. The first-order chi connectivity index (χ1) is 15.4. The molecule has 0 radical (unpaired) electrons. The van der Waals surface area contributed by atoms with Gasteiger partial charge in [0.25, 0.3) is 5.91 Å². The molecule has 1 N–H and O–H groups in total. The lowest BCUT2D eigenvalue weighted by molar-refractivity contribution is -0.117. The Bertz CT molecular complexity index is 1140. The monoisotopic (exact) mass is 453 g/mol. The molecule has 7 nitrogen and oxygen atoms in total. The lowest BCUT2D eigenvalue weighted by Crippen LogP contribution is -2.50. The number of nitrogens with zero attached hydrogens (tertiary/aromatic N) is 4. The summed E-state index contributed by atoms with van der Waals surface area (Å²) in [6, 6.07) is 12.4. The average Bonchev–Trinajstić information content (AvgIpc) is 3.24. The number of hydrogen-bond acceptors (Lipinski definition) is 6. The van der Waals surface area contributed by atoms with Gasteiger partial charge in [0, 0.05) is 37.3 Å². The molecule has 0 saturated carbocycles. The molecule has 0 spiro atoms. The first-order valence-corrected chi connectivity index (χ1v) is 11.2. The summed E-state index contributed by atoms with van der Waals surface area (Å²) in [6.07, 6.45) is 0. The van der Waals surface area contributed by atoms with Crippen LogP contribution in [0.15, 0.2) is 42.5 Å². The van der Waals surface area contributed by atoms with Gasteiger partial charge in [-0.05, 0) is 37.1 Å². The van der Waals surface area contributed by atoms with Crippen LogP contribution in [-0.4, -0.2) is 64.5 Å². The standard InChI is InChI=1S/C23H24FN5O2S/c1-15-5-3-4-6-18(15)21-26-27-23(32-21)25-20(30)14-28-9-11-29(12-10-28)22(31)17-8-7-16(2)19(24)13-17/h3-8,13H,9-12,14H2,1-2H3,(H,25,27,30). The highest BCUT2D eigenvalue weighted by atomic mass is 32.1. The van der Waals surface area contributed by atoms with Crippen molar-refractivity contribution in [2.45, 2.75) is 13.8 Å². The van der Waals surface area contributed by atoms with E-state index in [9.17, 15) is 14.0 Å². The second-order valence-electron chi connectivity index (χ2n) is 7.81. The summed E-state index contributed by atoms with van der Waals surface area (Å²) in [4.78, 5) is 28.8. The fourth-order valence-electron chi connectivity index (χ4n) is 3.57. The van der Waals surface area contributed by atoms with Crippen molar-refractivity contribution in [3.8, 4) is 10.6 Å². The van der Waals surface area contributed by atoms with Gasteiger partial charge in [-0.1, -0.05) is 41.7 Å². The van der Waals surface area contributed by atoms with Gasteiger partial charge in [0.15, 0.2) is 0 Å². The molecule has 2 aromatic carbocycles. The van der Waals surface area contributed by atoms with Crippen molar-refractivity contribution in [2.24, 2.45) is 0 Å². The Hall–Kier alpha value is -3.17. The first kappa shape index (κ1) is 22.0. The zero-order valence-corrected chi connectivity index (χ0v) is 18.8. The molecule has 0 aliphatic carbocycles. The van der Waals surface area contributed by atoms with Crippen molar-refractivity contribution in [3.05, 3.63) is 65.0 Å². The summed E-state index contributed by atoms with van der Waals surface area (Å²) in [6.45, 7) is 5.99. The highest BCUT2D eigenvalue weighted by Gasteiger charge is 2.24. The van der Waals surface area contributed by atoms with Crippen LogP contribution in [0.5, 0.6) is 0 Å². The number of anilines is 1. The number of carbonyl (C=O) groups excluding carboxylic acids is 2. The molecule has 0 atom stereocenters. The minimum atomic E-state index is -0.381. The van der Waals surface area contributed by atoms with Gasteiger partial charge >= 0.3 is 0 Å². The van der Waals surface area contributed by atoms with Gasteiger partial charge < -0.3 is 4.90 Å². The Labute approximate surface area is 189 Å². The van der Waals surface area contributed by atoms with Crippen LogP contribution in [0.4, 0.5) is 9.52 Å². The second kappa shape index (κ2) is 9.54. The number of amides is 2. The van der Waals surface area contributed by atoms with Gasteiger partial charge in [-0.25, -0.2) is 4.39 Å². The van der Waals surface area contributed by atoms with Crippen molar-refractivity contribution in [2.75, 3.05) is 38.0 Å². The van der Waals surface area contributed by atoms with Gasteiger partial charge in [0.05, 0.1) is 6.54 Å². The number of carbonyl (C=O) groups is 2. The fraction of sp³-hybridized carbons (Fsp3) is 0.304. The van der Waals surface area contributed by atoms with Gasteiger partial charge in [-0.3, -0.25) is 19.8 Å². The minimum absolute atomic E-state index is 0.169.